The van der Waals surface area contributed by atoms with Gasteiger partial charge in [0.25, 0.3) is 0 Å². The molecule has 1 amide bonds. The third kappa shape index (κ3) is 3.00. The summed E-state index contributed by atoms with van der Waals surface area (Å²) in [5.41, 5.74) is 0. The first-order chi connectivity index (χ1) is 10.6. The zero-order chi connectivity index (χ0) is 15.5. The Morgan fingerprint density at radius 3 is 3.05 bits per heavy atom. The van der Waals surface area contributed by atoms with E-state index in [1.807, 2.05) is 17.3 Å². The van der Waals surface area contributed by atoms with Gasteiger partial charge in [-0.2, -0.15) is 0 Å². The molecule has 118 valence electrons. The molecule has 1 aliphatic heterocycles. The first-order valence-corrected chi connectivity index (χ1v) is 7.66. The summed E-state index contributed by atoms with van der Waals surface area (Å²) in [6.07, 6.45) is 7.41. The standard InChI is InChI=1S/C14H21N7O/c1-11(2)14-15-5-7-21(14)12-4-3-6-19(8-12)13(22)9-20-10-16-17-18-20/h5,7,10-12H,3-4,6,8-9H2,1-2H3/t12-/m0/s1. The van der Waals surface area contributed by atoms with E-state index in [0.29, 0.717) is 12.0 Å². The van der Waals surface area contributed by atoms with Gasteiger partial charge in [-0.25, -0.2) is 9.67 Å². The van der Waals surface area contributed by atoms with Crippen LogP contribution in [0.5, 0.6) is 0 Å². The zero-order valence-corrected chi connectivity index (χ0v) is 13.0. The molecule has 1 saturated heterocycles. The van der Waals surface area contributed by atoms with Crippen LogP contribution in [0, 0.1) is 0 Å². The lowest BCUT2D eigenvalue weighted by Gasteiger charge is -2.34. The van der Waals surface area contributed by atoms with Crippen LogP contribution in [0.2, 0.25) is 0 Å². The van der Waals surface area contributed by atoms with Crippen LogP contribution in [-0.2, 0) is 11.3 Å². The van der Waals surface area contributed by atoms with Crippen LogP contribution in [0.15, 0.2) is 18.7 Å². The number of tetrazole rings is 1. The number of aromatic nitrogens is 6. The molecular weight excluding hydrogens is 282 g/mol. The van der Waals surface area contributed by atoms with Gasteiger partial charge in [0.05, 0.1) is 6.04 Å². The van der Waals surface area contributed by atoms with E-state index < -0.39 is 0 Å². The van der Waals surface area contributed by atoms with Crippen molar-refractivity contribution in [3.05, 3.63) is 24.5 Å². The molecule has 0 bridgehead atoms. The van der Waals surface area contributed by atoms with Gasteiger partial charge in [-0.15, -0.1) is 5.10 Å². The molecule has 0 saturated carbocycles. The average molecular weight is 303 g/mol. The maximum absolute atomic E-state index is 12.4. The van der Waals surface area contributed by atoms with Gasteiger partial charge < -0.3 is 9.47 Å². The summed E-state index contributed by atoms with van der Waals surface area (Å²) >= 11 is 0. The van der Waals surface area contributed by atoms with Crippen LogP contribution in [0.3, 0.4) is 0 Å². The highest BCUT2D eigenvalue weighted by atomic mass is 16.2. The van der Waals surface area contributed by atoms with E-state index in [0.717, 1.165) is 31.8 Å². The number of hydrogen-bond donors (Lipinski definition) is 0. The van der Waals surface area contributed by atoms with E-state index in [1.165, 1.54) is 11.0 Å². The minimum absolute atomic E-state index is 0.0585. The lowest BCUT2D eigenvalue weighted by Crippen LogP contribution is -2.42. The van der Waals surface area contributed by atoms with Gasteiger partial charge in [0.2, 0.25) is 5.91 Å². The second-order valence-electron chi connectivity index (χ2n) is 5.99. The second kappa shape index (κ2) is 6.25. The van der Waals surface area contributed by atoms with Crippen molar-refractivity contribution in [1.82, 2.24) is 34.7 Å². The molecule has 3 rings (SSSR count). The number of piperidine rings is 1. The average Bonchev–Trinajstić information content (AvgIpc) is 3.18. The number of likely N-dealkylation sites (tertiary alicyclic amines) is 1. The van der Waals surface area contributed by atoms with Crippen LogP contribution >= 0.6 is 0 Å². The van der Waals surface area contributed by atoms with Crippen molar-refractivity contribution < 1.29 is 4.79 Å². The summed E-state index contributed by atoms with van der Waals surface area (Å²) in [7, 11) is 0. The molecule has 0 aromatic carbocycles. The lowest BCUT2D eigenvalue weighted by molar-refractivity contribution is -0.133. The maximum Gasteiger partial charge on any atom is 0.244 e. The molecule has 2 aromatic rings. The summed E-state index contributed by atoms with van der Waals surface area (Å²) in [6, 6.07) is 0.298. The smallest absolute Gasteiger partial charge is 0.244 e. The van der Waals surface area contributed by atoms with E-state index in [9.17, 15) is 4.79 Å². The van der Waals surface area contributed by atoms with Crippen LogP contribution in [0.4, 0.5) is 0 Å². The molecule has 8 nitrogen and oxygen atoms in total. The van der Waals surface area contributed by atoms with Crippen molar-refractivity contribution in [3.8, 4) is 0 Å². The Morgan fingerprint density at radius 1 is 1.45 bits per heavy atom. The summed E-state index contributed by atoms with van der Waals surface area (Å²) in [5.74, 6) is 1.52. The van der Waals surface area contributed by atoms with Gasteiger partial charge in [-0.3, -0.25) is 4.79 Å². The van der Waals surface area contributed by atoms with Crippen molar-refractivity contribution in [2.24, 2.45) is 0 Å². The van der Waals surface area contributed by atoms with Gasteiger partial charge in [-0.1, -0.05) is 13.8 Å². The quantitative estimate of drug-likeness (QED) is 0.836. The van der Waals surface area contributed by atoms with Crippen LogP contribution < -0.4 is 0 Å². The summed E-state index contributed by atoms with van der Waals surface area (Å²) in [4.78, 5) is 18.7. The highest BCUT2D eigenvalue weighted by molar-refractivity contribution is 5.76. The van der Waals surface area contributed by atoms with E-state index in [-0.39, 0.29) is 12.5 Å². The predicted octanol–water partition coefficient (Wildman–Crippen LogP) is 0.857. The molecular formula is C14H21N7O. The molecule has 1 fully saturated rings. The second-order valence-corrected chi connectivity index (χ2v) is 5.99. The Labute approximate surface area is 129 Å². The Bertz CT molecular complexity index is 619. The summed E-state index contributed by atoms with van der Waals surface area (Å²) in [6.45, 7) is 5.99. The summed E-state index contributed by atoms with van der Waals surface area (Å²) in [5, 5.41) is 10.9. The molecule has 1 aliphatic rings. The largest absolute Gasteiger partial charge is 0.339 e. The monoisotopic (exact) mass is 303 g/mol. The van der Waals surface area contributed by atoms with Gasteiger partial charge in [-0.05, 0) is 23.3 Å². The van der Waals surface area contributed by atoms with E-state index >= 15 is 0 Å². The Balaban J connectivity index is 1.68. The molecule has 2 aromatic heterocycles. The molecule has 0 spiro atoms. The normalized spacial score (nSPS) is 18.9. The fourth-order valence-electron chi connectivity index (χ4n) is 2.98. The Morgan fingerprint density at radius 2 is 2.32 bits per heavy atom. The fraction of sp³-hybridized carbons (Fsp3) is 0.643. The van der Waals surface area contributed by atoms with E-state index in [1.54, 1.807) is 0 Å². The zero-order valence-electron chi connectivity index (χ0n) is 13.0. The molecule has 0 radical (unpaired) electrons. The molecule has 0 N–H and O–H groups in total. The maximum atomic E-state index is 12.4. The summed E-state index contributed by atoms with van der Waals surface area (Å²) < 4.78 is 3.68. The number of imidazole rings is 1. The SMILES string of the molecule is CC(C)c1nccn1[C@H]1CCCN(C(=O)Cn2cnnn2)C1. The number of amides is 1. The number of rotatable bonds is 4. The molecule has 1 atom stereocenters. The predicted molar refractivity (Wildman–Crippen MR) is 79.0 cm³/mol. The first kappa shape index (κ1) is 14.7. The molecule has 3 heterocycles. The van der Waals surface area contributed by atoms with Crippen molar-refractivity contribution in [1.29, 1.82) is 0 Å². The van der Waals surface area contributed by atoms with Crippen molar-refractivity contribution in [3.63, 3.8) is 0 Å². The van der Waals surface area contributed by atoms with Crippen molar-refractivity contribution in [2.45, 2.75) is 45.2 Å². The van der Waals surface area contributed by atoms with E-state index in [4.69, 9.17) is 0 Å². The highest BCUT2D eigenvalue weighted by Gasteiger charge is 2.26. The van der Waals surface area contributed by atoms with Crippen molar-refractivity contribution >= 4 is 5.91 Å². The molecule has 0 unspecified atom stereocenters. The molecule has 8 heteroatoms. The Kier molecular flexibility index (Phi) is 4.17. The molecule has 0 aliphatic carbocycles. The number of nitrogens with zero attached hydrogens (tertiary/aromatic N) is 7. The van der Waals surface area contributed by atoms with E-state index in [2.05, 4.69) is 38.9 Å². The fourth-order valence-corrected chi connectivity index (χ4v) is 2.98. The van der Waals surface area contributed by atoms with Crippen molar-refractivity contribution in [2.75, 3.05) is 13.1 Å². The topological polar surface area (TPSA) is 81.7 Å². The van der Waals surface area contributed by atoms with Gasteiger partial charge in [0.15, 0.2) is 0 Å². The van der Waals surface area contributed by atoms with Gasteiger partial charge in [0, 0.05) is 31.4 Å². The number of hydrogen-bond acceptors (Lipinski definition) is 5. The first-order valence-electron chi connectivity index (χ1n) is 7.66. The third-order valence-electron chi connectivity index (χ3n) is 4.05. The number of carbonyl (C=O) groups excluding carboxylic acids is 1. The highest BCUT2D eigenvalue weighted by Crippen LogP contribution is 2.25. The van der Waals surface area contributed by atoms with Crippen LogP contribution in [0.1, 0.15) is 44.5 Å². The minimum Gasteiger partial charge on any atom is -0.339 e. The third-order valence-corrected chi connectivity index (χ3v) is 4.05. The van der Waals surface area contributed by atoms with Crippen LogP contribution in [0.25, 0.3) is 0 Å². The minimum atomic E-state index is 0.0585. The van der Waals surface area contributed by atoms with Gasteiger partial charge in [0.1, 0.15) is 18.7 Å². The lowest BCUT2D eigenvalue weighted by atomic mass is 10.0. The van der Waals surface area contributed by atoms with Gasteiger partial charge >= 0.3 is 0 Å². The number of carbonyl (C=O) groups is 1. The molecule has 22 heavy (non-hydrogen) atoms. The Hall–Kier alpha value is -2.25. The van der Waals surface area contributed by atoms with Crippen LogP contribution in [-0.4, -0.2) is 53.7 Å².